The molecular formula is C24H25ClN4O4. The van der Waals surface area contributed by atoms with E-state index in [4.69, 9.17) is 16.3 Å². The van der Waals surface area contributed by atoms with Crippen LogP contribution < -0.4 is 14.5 Å². The normalized spacial score (nSPS) is 21.9. The molecule has 0 radical (unpaired) electrons. The summed E-state index contributed by atoms with van der Waals surface area (Å²) in [6.07, 6.45) is 0.208. The van der Waals surface area contributed by atoms with Gasteiger partial charge in [-0.05, 0) is 36.2 Å². The minimum Gasteiger partial charge on any atom is -0.495 e. The molecule has 0 unspecified atom stereocenters. The third kappa shape index (κ3) is 3.00. The molecule has 2 aromatic rings. The van der Waals surface area contributed by atoms with Crippen LogP contribution in [0, 0.1) is 5.41 Å². The van der Waals surface area contributed by atoms with Gasteiger partial charge >= 0.3 is 6.03 Å². The molecule has 3 aliphatic heterocycles. The lowest BCUT2D eigenvalue weighted by molar-refractivity contribution is -0.159. The van der Waals surface area contributed by atoms with Gasteiger partial charge in [-0.2, -0.15) is 0 Å². The molecular weight excluding hydrogens is 444 g/mol. The van der Waals surface area contributed by atoms with Crippen LogP contribution in [-0.2, 0) is 16.0 Å². The number of methoxy groups -OCH3 is 1. The zero-order valence-corrected chi connectivity index (χ0v) is 19.5. The average Bonchev–Trinajstić information content (AvgIpc) is 2.85. The number of hydrogen-bond acceptors (Lipinski definition) is 6. The zero-order valence-electron chi connectivity index (χ0n) is 18.7. The van der Waals surface area contributed by atoms with E-state index in [0.717, 1.165) is 32.5 Å². The Kier molecular flexibility index (Phi) is 5.01. The van der Waals surface area contributed by atoms with E-state index in [1.165, 1.54) is 14.1 Å². The van der Waals surface area contributed by atoms with E-state index in [-0.39, 0.29) is 6.42 Å². The number of piperazine rings is 1. The zero-order chi connectivity index (χ0) is 23.5. The van der Waals surface area contributed by atoms with Crippen molar-refractivity contribution in [2.75, 3.05) is 50.6 Å². The maximum absolute atomic E-state index is 13.7. The minimum absolute atomic E-state index is 0.208. The van der Waals surface area contributed by atoms with Crippen molar-refractivity contribution in [3.63, 3.8) is 0 Å². The van der Waals surface area contributed by atoms with Gasteiger partial charge in [-0.15, -0.1) is 0 Å². The summed E-state index contributed by atoms with van der Waals surface area (Å²) in [5.74, 6) is -0.203. The molecule has 9 heteroatoms. The number of carbonyl (C=O) groups excluding carboxylic acids is 3. The molecule has 0 saturated carbocycles. The van der Waals surface area contributed by atoms with Crippen LogP contribution in [0.25, 0.3) is 0 Å². The number of imide groups is 2. The highest BCUT2D eigenvalue weighted by molar-refractivity contribution is 6.31. The average molecular weight is 469 g/mol. The van der Waals surface area contributed by atoms with Crippen LogP contribution in [0.4, 0.5) is 16.2 Å². The van der Waals surface area contributed by atoms with E-state index in [2.05, 4.69) is 9.80 Å². The lowest BCUT2D eigenvalue weighted by atomic mass is 9.67. The summed E-state index contributed by atoms with van der Waals surface area (Å²) in [5.41, 5.74) is 1.29. The summed E-state index contributed by atoms with van der Waals surface area (Å²) in [7, 11) is 4.51. The van der Waals surface area contributed by atoms with E-state index in [0.29, 0.717) is 24.7 Å². The number of benzene rings is 2. The molecule has 1 atom stereocenters. The molecule has 5 rings (SSSR count). The van der Waals surface area contributed by atoms with Crippen molar-refractivity contribution in [2.24, 2.45) is 5.41 Å². The van der Waals surface area contributed by atoms with Crippen molar-refractivity contribution in [3.8, 4) is 5.75 Å². The highest BCUT2D eigenvalue weighted by Crippen LogP contribution is 2.48. The van der Waals surface area contributed by atoms with Crippen LogP contribution in [0.2, 0.25) is 5.02 Å². The first-order valence-electron chi connectivity index (χ1n) is 10.8. The van der Waals surface area contributed by atoms with Crippen LogP contribution in [0.1, 0.15) is 5.56 Å². The molecule has 33 heavy (non-hydrogen) atoms. The van der Waals surface area contributed by atoms with Gasteiger partial charge in [0.25, 0.3) is 0 Å². The van der Waals surface area contributed by atoms with E-state index in [1.807, 2.05) is 36.4 Å². The number of carbonyl (C=O) groups is 3. The predicted molar refractivity (Wildman–Crippen MR) is 125 cm³/mol. The Morgan fingerprint density at radius 1 is 0.970 bits per heavy atom. The third-order valence-corrected chi connectivity index (χ3v) is 7.38. The van der Waals surface area contributed by atoms with Gasteiger partial charge in [-0.1, -0.05) is 29.8 Å². The summed E-state index contributed by atoms with van der Waals surface area (Å²) < 4.78 is 5.57. The van der Waals surface area contributed by atoms with E-state index >= 15 is 0 Å². The number of nitrogens with zero attached hydrogens (tertiary/aromatic N) is 4. The number of amides is 4. The summed E-state index contributed by atoms with van der Waals surface area (Å²) in [5, 5.41) is 0.598. The van der Waals surface area contributed by atoms with Gasteiger partial charge in [-0.3, -0.25) is 19.4 Å². The number of rotatable bonds is 2. The molecule has 2 fully saturated rings. The molecule has 8 nitrogen and oxygen atoms in total. The minimum atomic E-state index is -1.42. The number of ether oxygens (including phenoxy) is 1. The fourth-order valence-electron chi connectivity index (χ4n) is 5.50. The molecule has 2 saturated heterocycles. The van der Waals surface area contributed by atoms with Gasteiger partial charge in [0.15, 0.2) is 5.41 Å². The highest BCUT2D eigenvalue weighted by atomic mass is 35.5. The number of para-hydroxylation sites is 2. The predicted octanol–water partition coefficient (Wildman–Crippen LogP) is 2.64. The van der Waals surface area contributed by atoms with Gasteiger partial charge in [-0.25, -0.2) is 4.79 Å². The Balaban J connectivity index is 1.66. The van der Waals surface area contributed by atoms with Gasteiger partial charge in [0.1, 0.15) is 5.75 Å². The summed E-state index contributed by atoms with van der Waals surface area (Å²) >= 11 is 6.32. The molecule has 1 spiro atoms. The number of halogens is 1. The first-order valence-corrected chi connectivity index (χ1v) is 11.2. The monoisotopic (exact) mass is 468 g/mol. The summed E-state index contributed by atoms with van der Waals surface area (Å²) in [6.45, 7) is 1.67. The first-order chi connectivity index (χ1) is 15.8. The third-order valence-electron chi connectivity index (χ3n) is 7.15. The van der Waals surface area contributed by atoms with E-state index in [9.17, 15) is 14.4 Å². The van der Waals surface area contributed by atoms with Crippen LogP contribution in [0.5, 0.6) is 5.75 Å². The second-order valence-corrected chi connectivity index (χ2v) is 9.20. The Morgan fingerprint density at radius 2 is 1.67 bits per heavy atom. The fourth-order valence-corrected chi connectivity index (χ4v) is 5.67. The topological polar surface area (TPSA) is 73.4 Å². The molecule has 4 amide bonds. The summed E-state index contributed by atoms with van der Waals surface area (Å²) in [4.78, 5) is 46.4. The molecule has 0 N–H and O–H groups in total. The highest BCUT2D eigenvalue weighted by Gasteiger charge is 2.64. The van der Waals surface area contributed by atoms with E-state index in [1.54, 1.807) is 13.2 Å². The molecule has 2 aromatic carbocycles. The summed E-state index contributed by atoms with van der Waals surface area (Å²) in [6, 6.07) is 12.2. The van der Waals surface area contributed by atoms with Gasteiger partial charge < -0.3 is 14.5 Å². The standard InChI is InChI=1S/C24H25ClN4O4/c1-26-21(30)24(22(31)27(2)23(26)32)13-15-8-9-16(25)12-18(15)29-11-10-28(14-20(24)29)17-6-4-5-7-19(17)33-3/h4-9,12,20H,10-11,13-14H2,1-3H3/t20-/m1/s1. The second kappa shape index (κ2) is 7.66. The molecule has 0 aromatic heterocycles. The second-order valence-electron chi connectivity index (χ2n) is 8.76. The largest absolute Gasteiger partial charge is 0.495 e. The lowest BCUT2D eigenvalue weighted by Crippen LogP contribution is -2.74. The van der Waals surface area contributed by atoms with Crippen molar-refractivity contribution in [1.82, 2.24) is 9.80 Å². The molecule has 0 bridgehead atoms. The van der Waals surface area contributed by atoms with Gasteiger partial charge in [0.05, 0.1) is 18.8 Å². The lowest BCUT2D eigenvalue weighted by Gasteiger charge is -2.56. The molecule has 3 aliphatic rings. The van der Waals surface area contributed by atoms with Crippen LogP contribution >= 0.6 is 11.6 Å². The quantitative estimate of drug-likeness (QED) is 0.631. The van der Waals surface area contributed by atoms with Crippen LogP contribution in [0.3, 0.4) is 0 Å². The smallest absolute Gasteiger partial charge is 0.332 e. The molecule has 0 aliphatic carbocycles. The Morgan fingerprint density at radius 3 is 2.36 bits per heavy atom. The van der Waals surface area contributed by atoms with Crippen molar-refractivity contribution in [1.29, 1.82) is 0 Å². The number of fused-ring (bicyclic) bond motifs is 4. The molecule has 172 valence electrons. The van der Waals surface area contributed by atoms with E-state index < -0.39 is 29.3 Å². The first kappa shape index (κ1) is 21.6. The van der Waals surface area contributed by atoms with Gasteiger partial charge in [0.2, 0.25) is 11.8 Å². The van der Waals surface area contributed by atoms with Crippen LogP contribution in [-0.4, -0.2) is 74.5 Å². The van der Waals surface area contributed by atoms with Crippen molar-refractivity contribution in [2.45, 2.75) is 12.5 Å². The van der Waals surface area contributed by atoms with Crippen molar-refractivity contribution >= 4 is 40.8 Å². The Bertz CT molecular complexity index is 1140. The fraction of sp³-hybridized carbons (Fsp3) is 0.375. The van der Waals surface area contributed by atoms with Gasteiger partial charge in [0, 0.05) is 44.4 Å². The Labute approximate surface area is 197 Å². The van der Waals surface area contributed by atoms with Crippen molar-refractivity contribution < 1.29 is 19.1 Å². The number of anilines is 2. The number of barbiturate groups is 1. The molecule has 3 heterocycles. The number of hydrogen-bond donors (Lipinski definition) is 0. The Hall–Kier alpha value is -3.26. The number of urea groups is 1. The van der Waals surface area contributed by atoms with Crippen LogP contribution in [0.15, 0.2) is 42.5 Å². The van der Waals surface area contributed by atoms with Crippen molar-refractivity contribution in [3.05, 3.63) is 53.1 Å². The maximum atomic E-state index is 13.7. The SMILES string of the molecule is COc1ccccc1N1CCN2c3cc(Cl)ccc3CC3(C(=O)N(C)C(=O)N(C)C3=O)[C@H]2C1. The maximum Gasteiger partial charge on any atom is 0.332 e.